The summed E-state index contributed by atoms with van der Waals surface area (Å²) >= 11 is 0. The van der Waals surface area contributed by atoms with Crippen LogP contribution >= 0.6 is 0 Å². The molecule has 102 valence electrons. The Labute approximate surface area is 112 Å². The van der Waals surface area contributed by atoms with Crippen LogP contribution in [0.3, 0.4) is 0 Å². The van der Waals surface area contributed by atoms with Crippen LogP contribution in [0.15, 0.2) is 17.0 Å². The van der Waals surface area contributed by atoms with E-state index in [1.807, 2.05) is 17.8 Å². The van der Waals surface area contributed by atoms with Crippen LogP contribution in [0.5, 0.6) is 0 Å². The van der Waals surface area contributed by atoms with Crippen molar-refractivity contribution >= 4 is 0 Å². The summed E-state index contributed by atoms with van der Waals surface area (Å²) in [6.07, 6.45) is 7.61. The zero-order chi connectivity index (χ0) is 13.5. The van der Waals surface area contributed by atoms with Gasteiger partial charge in [0.1, 0.15) is 5.69 Å². The molecular weight excluding hydrogens is 242 g/mol. The molecule has 0 saturated heterocycles. The maximum absolute atomic E-state index is 6.43. The summed E-state index contributed by atoms with van der Waals surface area (Å²) in [5, 5.41) is 4.06. The maximum atomic E-state index is 6.43. The summed E-state index contributed by atoms with van der Waals surface area (Å²) in [5.41, 5.74) is 6.68. The Kier molecular flexibility index (Phi) is 2.89. The van der Waals surface area contributed by atoms with E-state index in [1.165, 1.54) is 0 Å². The fourth-order valence-electron chi connectivity index (χ4n) is 2.55. The molecule has 0 aliphatic heterocycles. The first kappa shape index (κ1) is 12.3. The quantitative estimate of drug-likeness (QED) is 0.891. The molecule has 1 aliphatic carbocycles. The molecule has 6 nitrogen and oxygen atoms in total. The first-order chi connectivity index (χ1) is 9.07. The number of rotatable bonds is 2. The number of hydrogen-bond acceptors (Lipinski definition) is 5. The summed E-state index contributed by atoms with van der Waals surface area (Å²) in [5.74, 6) is 1.79. The van der Waals surface area contributed by atoms with Gasteiger partial charge in [-0.2, -0.15) is 4.98 Å². The Morgan fingerprint density at radius 2 is 2.16 bits per heavy atom. The van der Waals surface area contributed by atoms with Gasteiger partial charge in [-0.15, -0.1) is 0 Å². The molecule has 0 spiro atoms. The number of imidazole rings is 1. The van der Waals surface area contributed by atoms with Crippen molar-refractivity contribution in [1.82, 2.24) is 19.7 Å². The van der Waals surface area contributed by atoms with Crippen molar-refractivity contribution in [2.45, 2.75) is 38.1 Å². The van der Waals surface area contributed by atoms with Crippen molar-refractivity contribution in [3.8, 4) is 11.6 Å². The van der Waals surface area contributed by atoms with Crippen LogP contribution in [0.1, 0.15) is 38.4 Å². The molecule has 0 atom stereocenters. The van der Waals surface area contributed by atoms with Gasteiger partial charge in [-0.3, -0.25) is 0 Å². The van der Waals surface area contributed by atoms with Gasteiger partial charge in [-0.1, -0.05) is 12.1 Å². The van der Waals surface area contributed by atoms with E-state index in [4.69, 9.17) is 10.3 Å². The maximum Gasteiger partial charge on any atom is 0.278 e. The largest absolute Gasteiger partial charge is 0.340 e. The fourth-order valence-corrected chi connectivity index (χ4v) is 2.55. The summed E-state index contributed by atoms with van der Waals surface area (Å²) in [7, 11) is 1.90. The number of aryl methyl sites for hydroxylation is 1. The fraction of sp³-hybridized carbons (Fsp3) is 0.615. The third kappa shape index (κ3) is 2.28. The molecule has 0 amide bonds. The second-order valence-corrected chi connectivity index (χ2v) is 5.69. The van der Waals surface area contributed by atoms with Crippen molar-refractivity contribution in [2.75, 3.05) is 0 Å². The van der Waals surface area contributed by atoms with E-state index in [0.29, 0.717) is 17.4 Å². The van der Waals surface area contributed by atoms with E-state index in [9.17, 15) is 0 Å². The van der Waals surface area contributed by atoms with Gasteiger partial charge in [0.25, 0.3) is 5.89 Å². The minimum absolute atomic E-state index is 0.441. The van der Waals surface area contributed by atoms with Crippen LogP contribution in [0.4, 0.5) is 0 Å². The lowest BCUT2D eigenvalue weighted by Crippen LogP contribution is -2.41. The Bertz CT molecular complexity index is 565. The Hall–Kier alpha value is -1.69. The van der Waals surface area contributed by atoms with Crippen LogP contribution in [0, 0.1) is 5.92 Å². The van der Waals surface area contributed by atoms with Crippen LogP contribution < -0.4 is 5.73 Å². The predicted octanol–water partition coefficient (Wildman–Crippen LogP) is 1.83. The molecule has 6 heteroatoms. The molecule has 0 aromatic carbocycles. The van der Waals surface area contributed by atoms with Crippen molar-refractivity contribution in [3.63, 3.8) is 0 Å². The zero-order valence-electron chi connectivity index (χ0n) is 11.3. The average Bonchev–Trinajstić information content (AvgIpc) is 3.02. The molecule has 0 radical (unpaired) electrons. The number of aromatic nitrogens is 4. The van der Waals surface area contributed by atoms with E-state index in [1.54, 1.807) is 6.33 Å². The third-order valence-corrected chi connectivity index (χ3v) is 3.96. The average molecular weight is 261 g/mol. The molecular formula is C13H19N5O. The molecule has 2 N–H and O–H groups in total. The second kappa shape index (κ2) is 4.45. The summed E-state index contributed by atoms with van der Waals surface area (Å²) < 4.78 is 7.14. The highest BCUT2D eigenvalue weighted by atomic mass is 16.5. The molecule has 3 rings (SSSR count). The molecule has 0 unspecified atom stereocenters. The third-order valence-electron chi connectivity index (χ3n) is 3.96. The lowest BCUT2D eigenvalue weighted by molar-refractivity contribution is 0.230. The molecule has 2 heterocycles. The molecule has 1 saturated carbocycles. The smallest absolute Gasteiger partial charge is 0.278 e. The summed E-state index contributed by atoms with van der Waals surface area (Å²) in [6.45, 7) is 2.26. The number of hydrogen-bond donors (Lipinski definition) is 1. The van der Waals surface area contributed by atoms with Crippen molar-refractivity contribution < 1.29 is 4.52 Å². The molecule has 0 bridgehead atoms. The number of nitrogens with two attached hydrogens (primary N) is 1. The van der Waals surface area contributed by atoms with Gasteiger partial charge in [0.2, 0.25) is 0 Å². The highest BCUT2D eigenvalue weighted by Crippen LogP contribution is 2.36. The Balaban J connectivity index is 1.85. The highest BCUT2D eigenvalue weighted by molar-refractivity contribution is 5.44. The van der Waals surface area contributed by atoms with Gasteiger partial charge in [0, 0.05) is 13.2 Å². The van der Waals surface area contributed by atoms with Gasteiger partial charge in [-0.25, -0.2) is 4.98 Å². The molecule has 1 aliphatic rings. The Morgan fingerprint density at radius 3 is 2.79 bits per heavy atom. The van der Waals surface area contributed by atoms with Crippen molar-refractivity contribution in [2.24, 2.45) is 18.7 Å². The zero-order valence-corrected chi connectivity index (χ0v) is 11.3. The molecule has 19 heavy (non-hydrogen) atoms. The van der Waals surface area contributed by atoms with E-state index in [2.05, 4.69) is 22.0 Å². The SMILES string of the molecule is CC1CCC(N)(c2noc(-c3cn(C)cn3)n2)CC1. The van der Waals surface area contributed by atoms with Crippen molar-refractivity contribution in [1.29, 1.82) is 0 Å². The minimum Gasteiger partial charge on any atom is -0.340 e. The molecule has 2 aromatic rings. The second-order valence-electron chi connectivity index (χ2n) is 5.69. The van der Waals surface area contributed by atoms with Gasteiger partial charge >= 0.3 is 0 Å². The lowest BCUT2D eigenvalue weighted by Gasteiger charge is -2.33. The summed E-state index contributed by atoms with van der Waals surface area (Å²) in [6, 6.07) is 0. The highest BCUT2D eigenvalue weighted by Gasteiger charge is 2.36. The topological polar surface area (TPSA) is 82.8 Å². The van der Waals surface area contributed by atoms with Crippen LogP contribution in [0.2, 0.25) is 0 Å². The normalized spacial score (nSPS) is 27.6. The molecule has 1 fully saturated rings. The molecule has 2 aromatic heterocycles. The summed E-state index contributed by atoms with van der Waals surface area (Å²) in [4.78, 5) is 8.64. The van der Waals surface area contributed by atoms with E-state index in [0.717, 1.165) is 31.6 Å². The van der Waals surface area contributed by atoms with Gasteiger partial charge in [-0.05, 0) is 31.6 Å². The monoisotopic (exact) mass is 261 g/mol. The van der Waals surface area contributed by atoms with E-state index in [-0.39, 0.29) is 0 Å². The van der Waals surface area contributed by atoms with E-state index >= 15 is 0 Å². The van der Waals surface area contributed by atoms with E-state index < -0.39 is 5.54 Å². The Morgan fingerprint density at radius 1 is 1.42 bits per heavy atom. The first-order valence-electron chi connectivity index (χ1n) is 6.68. The van der Waals surface area contributed by atoms with Crippen LogP contribution in [-0.4, -0.2) is 19.7 Å². The lowest BCUT2D eigenvalue weighted by atomic mass is 9.77. The standard InChI is InChI=1S/C13H19N5O/c1-9-3-5-13(14,6-4-9)12-16-11(19-17-12)10-7-18(2)8-15-10/h7-9H,3-6,14H2,1-2H3. The van der Waals surface area contributed by atoms with Crippen LogP contribution in [0.25, 0.3) is 11.6 Å². The predicted molar refractivity (Wildman–Crippen MR) is 70.0 cm³/mol. The van der Waals surface area contributed by atoms with Gasteiger partial charge in [0.15, 0.2) is 5.82 Å². The minimum atomic E-state index is -0.441. The van der Waals surface area contributed by atoms with Gasteiger partial charge in [0.05, 0.1) is 11.9 Å². The van der Waals surface area contributed by atoms with Crippen molar-refractivity contribution in [3.05, 3.63) is 18.3 Å². The number of nitrogens with zero attached hydrogens (tertiary/aromatic N) is 4. The van der Waals surface area contributed by atoms with Crippen LogP contribution in [-0.2, 0) is 12.6 Å². The first-order valence-corrected chi connectivity index (χ1v) is 6.68. The van der Waals surface area contributed by atoms with Gasteiger partial charge < -0.3 is 14.8 Å².